The van der Waals surface area contributed by atoms with Crippen LogP contribution in [0.25, 0.3) is 0 Å². The highest BCUT2D eigenvalue weighted by atomic mass is 16.5. The van der Waals surface area contributed by atoms with Crippen LogP contribution >= 0.6 is 0 Å². The van der Waals surface area contributed by atoms with Crippen molar-refractivity contribution in [2.24, 2.45) is 0 Å². The molecule has 0 aliphatic carbocycles. The van der Waals surface area contributed by atoms with Gasteiger partial charge in [0.05, 0.1) is 13.2 Å². The SMILES string of the molecule is CC(C[C@@]1(O)[C@H](O)[C@@H](O)CO[C@@H]1CO)Nc1ccccc1. The molecule has 1 heterocycles. The Labute approximate surface area is 124 Å². The van der Waals surface area contributed by atoms with E-state index in [1.165, 1.54) is 0 Å². The molecule has 21 heavy (non-hydrogen) atoms. The third-order valence-corrected chi connectivity index (χ3v) is 3.89. The number of ether oxygens (including phenoxy) is 1. The molecule has 6 nitrogen and oxygen atoms in total. The van der Waals surface area contributed by atoms with E-state index in [-0.39, 0.29) is 19.1 Å². The second-order valence-corrected chi connectivity index (χ2v) is 5.62. The van der Waals surface area contributed by atoms with Gasteiger partial charge < -0.3 is 30.5 Å². The maximum absolute atomic E-state index is 10.7. The molecule has 1 unspecified atom stereocenters. The van der Waals surface area contributed by atoms with Crippen LogP contribution < -0.4 is 5.32 Å². The standard InChI is InChI=1S/C15H23NO5/c1-10(16-11-5-3-2-4-6-11)7-15(20)13(8-17)21-9-12(18)14(15)19/h2-6,10,12-14,16-20H,7-9H2,1H3/t10?,12-,13+,14+,15-/m0/s1. The van der Waals surface area contributed by atoms with Crippen LogP contribution in [0.3, 0.4) is 0 Å². The summed E-state index contributed by atoms with van der Waals surface area (Å²) in [6.07, 6.45) is -3.31. The van der Waals surface area contributed by atoms with Gasteiger partial charge in [0.1, 0.15) is 23.9 Å². The number of hydrogen-bond acceptors (Lipinski definition) is 6. The molecule has 0 aromatic heterocycles. The average Bonchev–Trinajstić information content (AvgIpc) is 2.46. The van der Waals surface area contributed by atoms with E-state index in [0.717, 1.165) is 5.69 Å². The monoisotopic (exact) mass is 297 g/mol. The molecule has 6 heteroatoms. The van der Waals surface area contributed by atoms with E-state index >= 15 is 0 Å². The zero-order valence-electron chi connectivity index (χ0n) is 12.0. The smallest absolute Gasteiger partial charge is 0.123 e. The van der Waals surface area contributed by atoms with Crippen molar-refractivity contribution in [3.63, 3.8) is 0 Å². The lowest BCUT2D eigenvalue weighted by Crippen LogP contribution is -2.65. The maximum Gasteiger partial charge on any atom is 0.123 e. The minimum absolute atomic E-state index is 0.102. The normalized spacial score (nSPS) is 34.4. The number of benzene rings is 1. The Balaban J connectivity index is 2.06. The molecule has 1 aliphatic rings. The predicted molar refractivity (Wildman–Crippen MR) is 77.9 cm³/mol. The largest absolute Gasteiger partial charge is 0.394 e. The molecule has 2 rings (SSSR count). The Morgan fingerprint density at radius 1 is 1.33 bits per heavy atom. The van der Waals surface area contributed by atoms with Crippen molar-refractivity contribution in [2.45, 2.75) is 43.3 Å². The first-order chi connectivity index (χ1) is 9.97. The first-order valence-corrected chi connectivity index (χ1v) is 7.10. The summed E-state index contributed by atoms with van der Waals surface area (Å²) in [4.78, 5) is 0. The van der Waals surface area contributed by atoms with E-state index in [0.29, 0.717) is 0 Å². The van der Waals surface area contributed by atoms with Gasteiger partial charge in [-0.3, -0.25) is 0 Å². The van der Waals surface area contributed by atoms with Crippen molar-refractivity contribution in [2.75, 3.05) is 18.5 Å². The maximum atomic E-state index is 10.7. The van der Waals surface area contributed by atoms with Gasteiger partial charge in [0.2, 0.25) is 0 Å². The summed E-state index contributed by atoms with van der Waals surface area (Å²) >= 11 is 0. The third-order valence-electron chi connectivity index (χ3n) is 3.89. The molecule has 1 saturated heterocycles. The fourth-order valence-corrected chi connectivity index (χ4v) is 2.80. The molecule has 0 radical (unpaired) electrons. The quantitative estimate of drug-likeness (QED) is 0.512. The summed E-state index contributed by atoms with van der Waals surface area (Å²) in [5.74, 6) is 0. The lowest BCUT2D eigenvalue weighted by molar-refractivity contribution is -0.252. The first kappa shape index (κ1) is 16.2. The van der Waals surface area contributed by atoms with Crippen LogP contribution in [0.2, 0.25) is 0 Å². The molecule has 5 N–H and O–H groups in total. The van der Waals surface area contributed by atoms with Gasteiger partial charge >= 0.3 is 0 Å². The lowest BCUT2D eigenvalue weighted by Gasteiger charge is -2.46. The van der Waals surface area contributed by atoms with E-state index < -0.39 is 30.5 Å². The third kappa shape index (κ3) is 3.53. The highest BCUT2D eigenvalue weighted by Crippen LogP contribution is 2.31. The Hall–Kier alpha value is -1.18. The van der Waals surface area contributed by atoms with E-state index in [4.69, 9.17) is 4.74 Å². The molecule has 0 amide bonds. The number of aliphatic hydroxyl groups excluding tert-OH is 3. The number of nitrogens with one attached hydrogen (secondary N) is 1. The summed E-state index contributed by atoms with van der Waals surface area (Å²) in [6, 6.07) is 9.29. The molecule has 1 aromatic rings. The topological polar surface area (TPSA) is 102 Å². The number of anilines is 1. The van der Waals surface area contributed by atoms with Crippen LogP contribution in [0.5, 0.6) is 0 Å². The summed E-state index contributed by atoms with van der Waals surface area (Å²) in [6.45, 7) is 1.33. The number of aliphatic hydroxyl groups is 4. The predicted octanol–water partition coefficient (Wildman–Crippen LogP) is -0.279. The van der Waals surface area contributed by atoms with Crippen molar-refractivity contribution in [1.29, 1.82) is 0 Å². The number of rotatable bonds is 5. The highest BCUT2D eigenvalue weighted by molar-refractivity contribution is 5.43. The summed E-state index contributed by atoms with van der Waals surface area (Å²) in [7, 11) is 0. The van der Waals surface area contributed by atoms with E-state index in [9.17, 15) is 20.4 Å². The van der Waals surface area contributed by atoms with Gasteiger partial charge in [-0.1, -0.05) is 18.2 Å². The molecule has 0 spiro atoms. The van der Waals surface area contributed by atoms with Gasteiger partial charge in [0.25, 0.3) is 0 Å². The zero-order valence-corrected chi connectivity index (χ0v) is 12.0. The van der Waals surface area contributed by atoms with Crippen LogP contribution in [-0.4, -0.2) is 63.6 Å². The Morgan fingerprint density at radius 3 is 2.62 bits per heavy atom. The average molecular weight is 297 g/mol. The van der Waals surface area contributed by atoms with Gasteiger partial charge in [-0.05, 0) is 19.1 Å². The van der Waals surface area contributed by atoms with Crippen LogP contribution in [0.15, 0.2) is 30.3 Å². The Kier molecular flexibility index (Phi) is 5.18. The fourth-order valence-electron chi connectivity index (χ4n) is 2.80. The van der Waals surface area contributed by atoms with Crippen molar-refractivity contribution in [3.8, 4) is 0 Å². The van der Waals surface area contributed by atoms with E-state index in [1.54, 1.807) is 0 Å². The number of para-hydroxylation sites is 1. The minimum atomic E-state index is -1.70. The summed E-state index contributed by atoms with van der Waals surface area (Å²) in [5.41, 5.74) is -0.811. The van der Waals surface area contributed by atoms with Gasteiger partial charge in [-0.25, -0.2) is 0 Å². The second-order valence-electron chi connectivity index (χ2n) is 5.62. The molecule has 1 aliphatic heterocycles. The van der Waals surface area contributed by atoms with Crippen LogP contribution in [-0.2, 0) is 4.74 Å². The van der Waals surface area contributed by atoms with Crippen molar-refractivity contribution in [3.05, 3.63) is 30.3 Å². The van der Waals surface area contributed by atoms with Gasteiger partial charge in [-0.15, -0.1) is 0 Å². The Morgan fingerprint density at radius 2 is 2.00 bits per heavy atom. The molecular weight excluding hydrogens is 274 g/mol. The zero-order chi connectivity index (χ0) is 15.5. The van der Waals surface area contributed by atoms with Crippen LogP contribution in [0.1, 0.15) is 13.3 Å². The minimum Gasteiger partial charge on any atom is -0.394 e. The Bertz CT molecular complexity index is 439. The van der Waals surface area contributed by atoms with Crippen LogP contribution in [0.4, 0.5) is 5.69 Å². The first-order valence-electron chi connectivity index (χ1n) is 7.10. The summed E-state index contributed by atoms with van der Waals surface area (Å²) in [5, 5.41) is 43.0. The van der Waals surface area contributed by atoms with Crippen molar-refractivity contribution < 1.29 is 25.2 Å². The molecule has 1 fully saturated rings. The van der Waals surface area contributed by atoms with Gasteiger partial charge in [-0.2, -0.15) is 0 Å². The fraction of sp³-hybridized carbons (Fsp3) is 0.600. The molecule has 5 atom stereocenters. The van der Waals surface area contributed by atoms with Gasteiger partial charge in [0.15, 0.2) is 0 Å². The molecule has 118 valence electrons. The lowest BCUT2D eigenvalue weighted by atomic mass is 9.80. The van der Waals surface area contributed by atoms with Gasteiger partial charge in [0, 0.05) is 18.2 Å². The highest BCUT2D eigenvalue weighted by Gasteiger charge is 2.51. The molecule has 0 bridgehead atoms. The molecular formula is C15H23NO5. The summed E-state index contributed by atoms with van der Waals surface area (Å²) < 4.78 is 5.24. The molecule has 0 saturated carbocycles. The number of hydrogen-bond donors (Lipinski definition) is 5. The van der Waals surface area contributed by atoms with Crippen LogP contribution in [0, 0.1) is 0 Å². The van der Waals surface area contributed by atoms with E-state index in [2.05, 4.69) is 5.32 Å². The second kappa shape index (κ2) is 6.72. The molecule has 1 aromatic carbocycles. The van der Waals surface area contributed by atoms with E-state index in [1.807, 2.05) is 37.3 Å². The van der Waals surface area contributed by atoms with Crippen molar-refractivity contribution in [1.82, 2.24) is 0 Å². The van der Waals surface area contributed by atoms with Crippen molar-refractivity contribution >= 4 is 5.69 Å².